The number of aromatic nitrogens is 3. The number of anilines is 1. The zero-order valence-electron chi connectivity index (χ0n) is 18.4. The zero-order valence-corrected chi connectivity index (χ0v) is 18.4. The molecule has 0 saturated carbocycles. The number of benzene rings is 1. The van der Waals surface area contributed by atoms with Gasteiger partial charge in [-0.25, -0.2) is 9.78 Å². The fourth-order valence-corrected chi connectivity index (χ4v) is 3.93. The Kier molecular flexibility index (Phi) is 5.60. The second-order valence-electron chi connectivity index (χ2n) is 9.02. The van der Waals surface area contributed by atoms with E-state index in [0.29, 0.717) is 54.8 Å². The molecule has 0 spiro atoms. The summed E-state index contributed by atoms with van der Waals surface area (Å²) >= 11 is 0. The van der Waals surface area contributed by atoms with E-state index in [1.165, 1.54) is 0 Å². The summed E-state index contributed by atoms with van der Waals surface area (Å²) in [6, 6.07) is 3.64. The van der Waals surface area contributed by atoms with Crippen molar-refractivity contribution in [2.45, 2.75) is 58.6 Å². The van der Waals surface area contributed by atoms with E-state index in [0.717, 1.165) is 18.4 Å². The molecule has 1 saturated heterocycles. The number of likely N-dealkylation sites (tertiary alicyclic amines) is 1. The maximum absolute atomic E-state index is 12.4. The highest BCUT2D eigenvalue weighted by Gasteiger charge is 2.28. The minimum atomic E-state index is -0.521. The van der Waals surface area contributed by atoms with Gasteiger partial charge in [0.25, 0.3) is 0 Å². The van der Waals surface area contributed by atoms with E-state index in [-0.39, 0.29) is 17.9 Å². The molecule has 166 valence electrons. The van der Waals surface area contributed by atoms with E-state index in [1.807, 2.05) is 33.8 Å². The summed E-state index contributed by atoms with van der Waals surface area (Å²) in [7, 11) is 0. The summed E-state index contributed by atoms with van der Waals surface area (Å²) < 4.78 is 11.0. The maximum atomic E-state index is 12.4. The zero-order chi connectivity index (χ0) is 22.2. The van der Waals surface area contributed by atoms with Gasteiger partial charge in [-0.05, 0) is 52.7 Å². The van der Waals surface area contributed by atoms with Crippen LogP contribution in [0, 0.1) is 6.92 Å². The smallest absolute Gasteiger partial charge is 0.410 e. The molecule has 2 aromatic rings. The summed E-state index contributed by atoms with van der Waals surface area (Å²) in [5, 5.41) is 22.5. The Bertz CT molecular complexity index is 989. The van der Waals surface area contributed by atoms with Gasteiger partial charge in [0.05, 0.1) is 12.3 Å². The SMILES string of the molecule is Cc1nc(N[C@@H]2CCCN(C(=O)OC(C)(C)C)C2)nnc1-c1ccc2c(c1O)CCO2. The number of carbonyl (C=O) groups excluding carboxylic acids is 1. The third-order valence-electron chi connectivity index (χ3n) is 5.37. The molecule has 1 amide bonds. The first kappa shape index (κ1) is 21.1. The van der Waals surface area contributed by atoms with Crippen LogP contribution in [-0.4, -0.2) is 62.6 Å². The number of phenols is 1. The molecule has 31 heavy (non-hydrogen) atoms. The van der Waals surface area contributed by atoms with Crippen LogP contribution < -0.4 is 10.1 Å². The Hall–Kier alpha value is -3.10. The summed E-state index contributed by atoms with van der Waals surface area (Å²) in [5.41, 5.74) is 2.07. The normalized spacial score (nSPS) is 18.3. The maximum Gasteiger partial charge on any atom is 0.410 e. The Morgan fingerprint density at radius 2 is 2.13 bits per heavy atom. The fourth-order valence-electron chi connectivity index (χ4n) is 3.93. The molecular weight excluding hydrogens is 398 g/mol. The standard InChI is InChI=1S/C22H29N5O4/c1-13-18(16-7-8-17-15(19(16)28)9-11-30-17)25-26-20(23-13)24-14-6-5-10-27(12-14)21(29)31-22(2,3)4/h7-8,14,28H,5-6,9-12H2,1-4H3,(H,23,24,26)/t14-/m1/s1. The van der Waals surface area contributed by atoms with Crippen LogP contribution in [0.5, 0.6) is 11.5 Å². The number of nitrogens with one attached hydrogen (secondary N) is 1. The first-order valence-electron chi connectivity index (χ1n) is 10.6. The number of phenolic OH excluding ortho intramolecular Hbond substituents is 1. The molecule has 1 fully saturated rings. The van der Waals surface area contributed by atoms with Gasteiger partial charge in [-0.15, -0.1) is 10.2 Å². The van der Waals surface area contributed by atoms with Crippen LogP contribution in [0.25, 0.3) is 11.3 Å². The molecule has 9 heteroatoms. The van der Waals surface area contributed by atoms with Gasteiger partial charge < -0.3 is 24.8 Å². The van der Waals surface area contributed by atoms with Gasteiger partial charge in [0.15, 0.2) is 0 Å². The van der Waals surface area contributed by atoms with Crippen LogP contribution in [0.2, 0.25) is 0 Å². The number of hydrogen-bond acceptors (Lipinski definition) is 8. The van der Waals surface area contributed by atoms with Crippen LogP contribution in [0.4, 0.5) is 10.7 Å². The number of amides is 1. The van der Waals surface area contributed by atoms with Gasteiger partial charge in [-0.2, -0.15) is 0 Å². The first-order valence-corrected chi connectivity index (χ1v) is 10.6. The molecule has 2 N–H and O–H groups in total. The average Bonchev–Trinajstić information content (AvgIpc) is 3.18. The van der Waals surface area contributed by atoms with Crippen molar-refractivity contribution in [3.63, 3.8) is 0 Å². The molecule has 2 aliphatic heterocycles. The second kappa shape index (κ2) is 8.20. The van der Waals surface area contributed by atoms with Gasteiger partial charge in [-0.3, -0.25) is 0 Å². The number of piperidine rings is 1. The number of carbonyl (C=O) groups is 1. The Morgan fingerprint density at radius 1 is 1.32 bits per heavy atom. The molecular formula is C22H29N5O4. The molecule has 0 radical (unpaired) electrons. The van der Waals surface area contributed by atoms with Crippen molar-refractivity contribution in [1.29, 1.82) is 0 Å². The number of ether oxygens (including phenoxy) is 2. The van der Waals surface area contributed by atoms with Gasteiger partial charge in [0.1, 0.15) is 22.8 Å². The lowest BCUT2D eigenvalue weighted by Gasteiger charge is -2.34. The second-order valence-corrected chi connectivity index (χ2v) is 9.02. The molecule has 4 rings (SSSR count). The number of hydrogen-bond donors (Lipinski definition) is 2. The molecule has 0 aliphatic carbocycles. The van der Waals surface area contributed by atoms with Crippen molar-refractivity contribution in [3.8, 4) is 22.8 Å². The van der Waals surface area contributed by atoms with E-state index in [4.69, 9.17) is 9.47 Å². The minimum Gasteiger partial charge on any atom is -0.507 e. The minimum absolute atomic E-state index is 0.0128. The number of aromatic hydroxyl groups is 1. The molecule has 0 unspecified atom stereocenters. The molecule has 0 bridgehead atoms. The fraction of sp³-hybridized carbons (Fsp3) is 0.545. The van der Waals surface area contributed by atoms with Crippen molar-refractivity contribution in [3.05, 3.63) is 23.4 Å². The van der Waals surface area contributed by atoms with Gasteiger partial charge >= 0.3 is 6.09 Å². The van der Waals surface area contributed by atoms with Crippen LogP contribution in [0.3, 0.4) is 0 Å². The van der Waals surface area contributed by atoms with Crippen molar-refractivity contribution in [2.75, 3.05) is 25.0 Å². The van der Waals surface area contributed by atoms with E-state index < -0.39 is 5.60 Å². The summed E-state index contributed by atoms with van der Waals surface area (Å²) in [6.07, 6.45) is 2.13. The van der Waals surface area contributed by atoms with Crippen molar-refractivity contribution >= 4 is 12.0 Å². The summed E-state index contributed by atoms with van der Waals surface area (Å²) in [5.74, 6) is 1.29. The number of nitrogens with zero attached hydrogens (tertiary/aromatic N) is 4. The predicted octanol–water partition coefficient (Wildman–Crippen LogP) is 3.30. The lowest BCUT2D eigenvalue weighted by Crippen LogP contribution is -2.47. The first-order chi connectivity index (χ1) is 14.7. The topological polar surface area (TPSA) is 110 Å². The van der Waals surface area contributed by atoms with Gasteiger partial charge in [0, 0.05) is 36.7 Å². The van der Waals surface area contributed by atoms with Crippen LogP contribution in [-0.2, 0) is 11.2 Å². The third kappa shape index (κ3) is 4.65. The van der Waals surface area contributed by atoms with E-state index >= 15 is 0 Å². The number of aryl methyl sites for hydroxylation is 1. The molecule has 1 atom stereocenters. The largest absolute Gasteiger partial charge is 0.507 e. The van der Waals surface area contributed by atoms with Gasteiger partial charge in [0.2, 0.25) is 5.95 Å². The highest BCUT2D eigenvalue weighted by atomic mass is 16.6. The number of rotatable bonds is 3. The third-order valence-corrected chi connectivity index (χ3v) is 5.37. The van der Waals surface area contributed by atoms with Crippen molar-refractivity contribution < 1.29 is 19.4 Å². The molecule has 1 aromatic heterocycles. The van der Waals surface area contributed by atoms with Crippen LogP contribution in [0.1, 0.15) is 44.9 Å². The average molecular weight is 428 g/mol. The number of fused-ring (bicyclic) bond motifs is 1. The Balaban J connectivity index is 1.46. The van der Waals surface area contributed by atoms with Gasteiger partial charge in [-0.1, -0.05) is 0 Å². The van der Waals surface area contributed by atoms with Crippen molar-refractivity contribution in [2.24, 2.45) is 0 Å². The summed E-state index contributed by atoms with van der Waals surface area (Å²) in [4.78, 5) is 18.6. The Morgan fingerprint density at radius 3 is 2.87 bits per heavy atom. The monoisotopic (exact) mass is 427 g/mol. The molecule has 3 heterocycles. The lowest BCUT2D eigenvalue weighted by molar-refractivity contribution is 0.0206. The molecule has 2 aliphatic rings. The highest BCUT2D eigenvalue weighted by Crippen LogP contribution is 2.40. The van der Waals surface area contributed by atoms with E-state index in [9.17, 15) is 9.90 Å². The molecule has 1 aromatic carbocycles. The summed E-state index contributed by atoms with van der Waals surface area (Å²) in [6.45, 7) is 9.18. The van der Waals surface area contributed by atoms with E-state index in [1.54, 1.807) is 11.0 Å². The van der Waals surface area contributed by atoms with E-state index in [2.05, 4.69) is 20.5 Å². The highest BCUT2D eigenvalue weighted by molar-refractivity contribution is 5.73. The van der Waals surface area contributed by atoms with Crippen LogP contribution >= 0.6 is 0 Å². The quantitative estimate of drug-likeness (QED) is 0.768. The van der Waals surface area contributed by atoms with Crippen LogP contribution in [0.15, 0.2) is 12.1 Å². The molecule has 9 nitrogen and oxygen atoms in total. The predicted molar refractivity (Wildman–Crippen MR) is 115 cm³/mol. The Labute approximate surface area is 181 Å². The van der Waals surface area contributed by atoms with Crippen molar-refractivity contribution in [1.82, 2.24) is 20.1 Å². The lowest BCUT2D eigenvalue weighted by atomic mass is 10.0.